The third kappa shape index (κ3) is 59.6. The zero-order valence-electron chi connectivity index (χ0n) is 5.55. The van der Waals surface area contributed by atoms with Gasteiger partial charge in [-0.25, -0.2) is 0 Å². The fourth-order valence-corrected chi connectivity index (χ4v) is 0. The summed E-state index contributed by atoms with van der Waals surface area (Å²) >= 11 is 0. The molecule has 0 aliphatic carbocycles. The highest BCUT2D eigenvalue weighted by Crippen LogP contribution is 1.63. The number of hydrogen-bond donors (Lipinski definition) is 1. The largest absolute Gasteiger partial charge is 0.310 e. The second-order valence-electron chi connectivity index (χ2n) is 1.50. The molecule has 4 heteroatoms. The van der Waals surface area contributed by atoms with Crippen LogP contribution >= 0.6 is 0 Å². The van der Waals surface area contributed by atoms with Crippen molar-refractivity contribution in [1.29, 1.82) is 5.53 Å². The topological polar surface area (TPSA) is 63.5 Å². The molecule has 4 nitrogen and oxygen atoms in total. The highest BCUT2D eigenvalue weighted by molar-refractivity contribution is 4.25. The molecule has 0 aliphatic heterocycles. The van der Waals surface area contributed by atoms with Gasteiger partial charge in [-0.3, -0.25) is 0 Å². The summed E-state index contributed by atoms with van der Waals surface area (Å²) in [4.78, 5) is 3.88. The van der Waals surface area contributed by atoms with Gasteiger partial charge in [0, 0.05) is 0 Å². The van der Waals surface area contributed by atoms with E-state index in [0.717, 1.165) is 6.54 Å². The highest BCUT2D eigenvalue weighted by Gasteiger charge is 1.72. The number of nitrogens with one attached hydrogen (secondary N) is 1. The van der Waals surface area contributed by atoms with Gasteiger partial charge in [-0.15, -0.1) is 5.53 Å². The Morgan fingerprint density at radius 1 is 1.62 bits per heavy atom. The Morgan fingerprint density at radius 3 is 1.75 bits per heavy atom. The lowest BCUT2D eigenvalue weighted by molar-refractivity contribution is 0.434. The lowest BCUT2D eigenvalue weighted by Crippen LogP contribution is -2.08. The molecule has 0 bridgehead atoms. The van der Waals surface area contributed by atoms with Crippen LogP contribution in [0.15, 0.2) is 0 Å². The fraction of sp³-hybridized carbons (Fsp3) is 1.00. The molecule has 0 aromatic rings. The maximum atomic E-state index is 6.86. The number of rotatable bonds is 1. The summed E-state index contributed by atoms with van der Waals surface area (Å²) in [6.45, 7) is 3.26. The molecule has 0 spiro atoms. The minimum Gasteiger partial charge on any atom is -0.310 e. The van der Waals surface area contributed by atoms with E-state index in [9.17, 15) is 0 Å². The van der Waals surface area contributed by atoms with Crippen LogP contribution in [-0.2, 0) is 0 Å². The first-order chi connectivity index (χ1) is 3.68. The molecule has 0 saturated carbocycles. The van der Waals surface area contributed by atoms with Crippen molar-refractivity contribution in [3.05, 3.63) is 10.4 Å². The lowest BCUT2D eigenvalue weighted by atomic mass is 10.7. The standard InChI is InChI=1S/C4H11N.HN3/c1-4-5(2)3;1-3-2/h4H2,1-3H3;1H. The first kappa shape index (κ1) is 10.3. The van der Waals surface area contributed by atoms with E-state index >= 15 is 0 Å². The average Bonchev–Trinajstić information content (AvgIpc) is 1.69. The van der Waals surface area contributed by atoms with Crippen molar-refractivity contribution < 1.29 is 0 Å². The minimum atomic E-state index is 1.14. The van der Waals surface area contributed by atoms with Gasteiger partial charge in [0.2, 0.25) is 0 Å². The summed E-state index contributed by atoms with van der Waals surface area (Å²) in [5.41, 5.74) is 12.2. The maximum absolute atomic E-state index is 6.86. The summed E-state index contributed by atoms with van der Waals surface area (Å²) in [7, 11) is 4.11. The van der Waals surface area contributed by atoms with Crippen LogP contribution in [-0.4, -0.2) is 25.5 Å². The van der Waals surface area contributed by atoms with E-state index in [4.69, 9.17) is 11.1 Å². The predicted molar refractivity (Wildman–Crippen MR) is 33.7 cm³/mol. The summed E-state index contributed by atoms with van der Waals surface area (Å²) in [6.07, 6.45) is 0. The zero-order valence-corrected chi connectivity index (χ0v) is 5.55. The van der Waals surface area contributed by atoms with Gasteiger partial charge in [0.25, 0.3) is 0 Å². The zero-order chi connectivity index (χ0) is 6.99. The molecule has 0 aliphatic rings. The van der Waals surface area contributed by atoms with Gasteiger partial charge in [-0.2, -0.15) is 0 Å². The first-order valence-electron chi connectivity index (χ1n) is 2.34. The van der Waals surface area contributed by atoms with E-state index in [1.54, 1.807) is 4.91 Å². The van der Waals surface area contributed by atoms with Gasteiger partial charge in [0.05, 0.1) is 0 Å². The van der Waals surface area contributed by atoms with Crippen molar-refractivity contribution >= 4 is 0 Å². The minimum absolute atomic E-state index is 1.14. The molecule has 0 rings (SSSR count). The predicted octanol–water partition coefficient (Wildman–Crippen LogP) is 1.44. The third-order valence-corrected chi connectivity index (χ3v) is 0.632. The lowest BCUT2D eigenvalue weighted by Gasteiger charge is -2.00. The van der Waals surface area contributed by atoms with Crippen molar-refractivity contribution in [3.63, 3.8) is 0 Å². The first-order valence-corrected chi connectivity index (χ1v) is 2.34. The van der Waals surface area contributed by atoms with Gasteiger partial charge in [0.15, 0.2) is 0 Å². The van der Waals surface area contributed by atoms with Gasteiger partial charge in [-0.1, -0.05) is 6.92 Å². The molecule has 0 heterocycles. The van der Waals surface area contributed by atoms with Crippen molar-refractivity contribution in [1.82, 2.24) is 4.90 Å². The van der Waals surface area contributed by atoms with Crippen LogP contribution in [0.1, 0.15) is 6.92 Å². The van der Waals surface area contributed by atoms with E-state index in [2.05, 4.69) is 25.9 Å². The Kier molecular flexibility index (Phi) is 12.3. The van der Waals surface area contributed by atoms with Crippen LogP contribution in [0.2, 0.25) is 0 Å². The smallest absolute Gasteiger partial charge is 0.00208 e. The molecule has 0 radical (unpaired) electrons. The normalized spacial score (nSPS) is 7.00. The van der Waals surface area contributed by atoms with Crippen LogP contribution in [0.25, 0.3) is 10.4 Å². The van der Waals surface area contributed by atoms with Gasteiger partial charge >= 0.3 is 0 Å². The third-order valence-electron chi connectivity index (χ3n) is 0.632. The van der Waals surface area contributed by atoms with Crippen LogP contribution in [0.3, 0.4) is 0 Å². The Bertz CT molecular complexity index is 62.4. The Labute approximate surface area is 49.5 Å². The Hall–Kier alpha value is -0.730. The summed E-state index contributed by atoms with van der Waals surface area (Å²) < 4.78 is 0. The molecule has 0 aromatic heterocycles. The molecule has 0 atom stereocenters. The SMILES string of the molecule is CCN(C)C.[N-]=[N+]=N. The molecule has 0 unspecified atom stereocenters. The molecular weight excluding hydrogens is 104 g/mol. The van der Waals surface area contributed by atoms with Crippen LogP contribution in [0.4, 0.5) is 0 Å². The van der Waals surface area contributed by atoms with Crippen molar-refractivity contribution in [2.45, 2.75) is 6.92 Å². The van der Waals surface area contributed by atoms with Crippen molar-refractivity contribution in [2.75, 3.05) is 20.6 Å². The Balaban J connectivity index is 0. The molecular formula is C4H12N4. The number of hydrogen-bond acceptors (Lipinski definition) is 2. The second kappa shape index (κ2) is 9.55. The molecule has 0 fully saturated rings. The van der Waals surface area contributed by atoms with E-state index in [0.29, 0.717) is 0 Å². The molecule has 0 amide bonds. The highest BCUT2D eigenvalue weighted by atomic mass is 15.0. The summed E-state index contributed by atoms with van der Waals surface area (Å²) in [5, 5.41) is 0. The van der Waals surface area contributed by atoms with E-state index in [1.165, 1.54) is 0 Å². The van der Waals surface area contributed by atoms with Crippen molar-refractivity contribution in [2.24, 2.45) is 0 Å². The maximum Gasteiger partial charge on any atom is -0.00208 e. The van der Waals surface area contributed by atoms with E-state index in [1.807, 2.05) is 0 Å². The van der Waals surface area contributed by atoms with E-state index in [-0.39, 0.29) is 0 Å². The van der Waals surface area contributed by atoms with Crippen molar-refractivity contribution in [3.8, 4) is 0 Å². The van der Waals surface area contributed by atoms with Gasteiger partial charge in [-0.05, 0) is 31.1 Å². The van der Waals surface area contributed by atoms with Gasteiger partial charge in [0.1, 0.15) is 0 Å². The Morgan fingerprint density at radius 2 is 1.75 bits per heavy atom. The quantitative estimate of drug-likeness (QED) is 0.314. The summed E-state index contributed by atoms with van der Waals surface area (Å²) in [6, 6.07) is 0. The molecule has 0 aromatic carbocycles. The monoisotopic (exact) mass is 116 g/mol. The number of nitrogens with zero attached hydrogens (tertiary/aromatic N) is 3. The van der Waals surface area contributed by atoms with Crippen LogP contribution < -0.4 is 0 Å². The van der Waals surface area contributed by atoms with Crippen LogP contribution in [0, 0.1) is 5.53 Å². The van der Waals surface area contributed by atoms with Crippen LogP contribution in [0.5, 0.6) is 0 Å². The molecule has 48 valence electrons. The fourth-order valence-electron chi connectivity index (χ4n) is 0. The van der Waals surface area contributed by atoms with Gasteiger partial charge < -0.3 is 4.90 Å². The molecule has 1 N–H and O–H groups in total. The molecule has 8 heavy (non-hydrogen) atoms. The molecule has 0 saturated heterocycles. The van der Waals surface area contributed by atoms with E-state index < -0.39 is 0 Å². The second-order valence-corrected chi connectivity index (χ2v) is 1.50. The average molecular weight is 116 g/mol. The summed E-state index contributed by atoms with van der Waals surface area (Å²) in [5.74, 6) is 0.